The molecule has 0 bridgehead atoms. The van der Waals surface area contributed by atoms with Crippen LogP contribution < -0.4 is 0 Å². The SMILES string of the molecule is CC(C)c1n[nH]c(=S)n1C1CCC(=O)N(C)C1=O. The van der Waals surface area contributed by atoms with Crippen molar-refractivity contribution < 1.29 is 9.59 Å². The van der Waals surface area contributed by atoms with Gasteiger partial charge in [-0.05, 0) is 18.6 Å². The minimum atomic E-state index is -0.420. The smallest absolute Gasteiger partial charge is 0.252 e. The van der Waals surface area contributed by atoms with Crippen molar-refractivity contribution in [2.45, 2.75) is 38.6 Å². The molecule has 18 heavy (non-hydrogen) atoms. The first-order valence-electron chi connectivity index (χ1n) is 5.90. The van der Waals surface area contributed by atoms with Crippen molar-refractivity contribution in [2.24, 2.45) is 0 Å². The monoisotopic (exact) mass is 268 g/mol. The first kappa shape index (κ1) is 12.9. The van der Waals surface area contributed by atoms with Crippen molar-refractivity contribution >= 4 is 24.0 Å². The summed E-state index contributed by atoms with van der Waals surface area (Å²) in [5.41, 5.74) is 0. The lowest BCUT2D eigenvalue weighted by Crippen LogP contribution is -2.43. The Morgan fingerprint density at radius 1 is 1.44 bits per heavy atom. The number of amides is 2. The van der Waals surface area contributed by atoms with Crippen LogP contribution in [0.15, 0.2) is 0 Å². The average molecular weight is 268 g/mol. The summed E-state index contributed by atoms with van der Waals surface area (Å²) >= 11 is 5.18. The Morgan fingerprint density at radius 2 is 2.11 bits per heavy atom. The van der Waals surface area contributed by atoms with Crippen LogP contribution in [0.4, 0.5) is 0 Å². The van der Waals surface area contributed by atoms with Gasteiger partial charge in [0.25, 0.3) is 5.91 Å². The van der Waals surface area contributed by atoms with Gasteiger partial charge >= 0.3 is 0 Å². The third-order valence-electron chi connectivity index (χ3n) is 3.18. The number of aromatic amines is 1. The second-order valence-corrected chi connectivity index (χ2v) is 5.14. The zero-order valence-electron chi connectivity index (χ0n) is 10.6. The summed E-state index contributed by atoms with van der Waals surface area (Å²) in [5.74, 6) is 0.554. The van der Waals surface area contributed by atoms with Gasteiger partial charge in [-0.1, -0.05) is 13.8 Å². The van der Waals surface area contributed by atoms with E-state index in [4.69, 9.17) is 12.2 Å². The van der Waals surface area contributed by atoms with E-state index in [1.54, 1.807) is 4.57 Å². The number of aromatic nitrogens is 3. The van der Waals surface area contributed by atoms with Crippen LogP contribution in [0.2, 0.25) is 0 Å². The molecular weight excluding hydrogens is 252 g/mol. The number of rotatable bonds is 2. The van der Waals surface area contributed by atoms with Crippen LogP contribution in [0.5, 0.6) is 0 Å². The Hall–Kier alpha value is -1.50. The molecule has 7 heteroatoms. The topological polar surface area (TPSA) is 71.0 Å². The fraction of sp³-hybridized carbons (Fsp3) is 0.636. The van der Waals surface area contributed by atoms with Gasteiger partial charge in [0, 0.05) is 19.4 Å². The number of likely N-dealkylation sites (N-methyl/N-ethyl adjacent to an activating group) is 1. The van der Waals surface area contributed by atoms with Gasteiger partial charge in [-0.3, -0.25) is 24.2 Å². The second kappa shape index (κ2) is 4.64. The van der Waals surface area contributed by atoms with Crippen LogP contribution in [0.25, 0.3) is 0 Å². The lowest BCUT2D eigenvalue weighted by atomic mass is 10.0. The fourth-order valence-corrected chi connectivity index (χ4v) is 2.43. The minimum Gasteiger partial charge on any atom is -0.291 e. The van der Waals surface area contributed by atoms with Crippen LogP contribution in [-0.4, -0.2) is 38.5 Å². The molecule has 0 aromatic carbocycles. The van der Waals surface area contributed by atoms with E-state index in [-0.39, 0.29) is 17.7 Å². The molecule has 2 heterocycles. The Balaban J connectivity index is 2.43. The number of carbonyl (C=O) groups excluding carboxylic acids is 2. The van der Waals surface area contributed by atoms with Crippen LogP contribution in [0.3, 0.4) is 0 Å². The third kappa shape index (κ3) is 1.98. The first-order chi connectivity index (χ1) is 8.43. The molecule has 0 aliphatic carbocycles. The number of imide groups is 1. The predicted octanol–water partition coefficient (Wildman–Crippen LogP) is 1.38. The average Bonchev–Trinajstić information content (AvgIpc) is 2.69. The summed E-state index contributed by atoms with van der Waals surface area (Å²) in [6.07, 6.45) is 0.840. The predicted molar refractivity (Wildman–Crippen MR) is 67.5 cm³/mol. The molecule has 1 aromatic rings. The van der Waals surface area contributed by atoms with Gasteiger partial charge in [-0.25, -0.2) is 0 Å². The van der Waals surface area contributed by atoms with Gasteiger partial charge in [0.15, 0.2) is 4.77 Å². The fourth-order valence-electron chi connectivity index (χ4n) is 2.16. The molecule has 1 saturated heterocycles. The van der Waals surface area contributed by atoms with E-state index in [2.05, 4.69) is 10.2 Å². The van der Waals surface area contributed by atoms with Crippen LogP contribution in [-0.2, 0) is 9.59 Å². The molecule has 1 aromatic heterocycles. The van der Waals surface area contributed by atoms with Crippen molar-refractivity contribution in [3.8, 4) is 0 Å². The van der Waals surface area contributed by atoms with Crippen molar-refractivity contribution in [2.75, 3.05) is 7.05 Å². The maximum absolute atomic E-state index is 12.2. The molecule has 6 nitrogen and oxygen atoms in total. The summed E-state index contributed by atoms with van der Waals surface area (Å²) in [6, 6.07) is -0.420. The van der Waals surface area contributed by atoms with E-state index in [1.165, 1.54) is 11.9 Å². The largest absolute Gasteiger partial charge is 0.291 e. The maximum atomic E-state index is 12.2. The lowest BCUT2D eigenvalue weighted by molar-refractivity contribution is -0.149. The molecule has 2 amide bonds. The Labute approximate surface area is 110 Å². The molecule has 0 spiro atoms. The second-order valence-electron chi connectivity index (χ2n) is 4.76. The summed E-state index contributed by atoms with van der Waals surface area (Å²) in [5, 5.41) is 6.88. The van der Waals surface area contributed by atoms with Crippen LogP contribution >= 0.6 is 12.2 Å². The van der Waals surface area contributed by atoms with E-state index in [0.29, 0.717) is 17.6 Å². The Bertz CT molecular complexity index is 545. The zero-order chi connectivity index (χ0) is 13.4. The van der Waals surface area contributed by atoms with Gasteiger partial charge < -0.3 is 0 Å². The number of nitrogens with zero attached hydrogens (tertiary/aromatic N) is 3. The van der Waals surface area contributed by atoms with E-state index in [9.17, 15) is 9.59 Å². The van der Waals surface area contributed by atoms with Crippen LogP contribution in [0, 0.1) is 4.77 Å². The minimum absolute atomic E-state index is 0.141. The van der Waals surface area contributed by atoms with Crippen LogP contribution in [0.1, 0.15) is 44.5 Å². The molecule has 1 N–H and O–H groups in total. The summed E-state index contributed by atoms with van der Waals surface area (Å²) in [6.45, 7) is 3.98. The van der Waals surface area contributed by atoms with Gasteiger partial charge in [-0.2, -0.15) is 5.10 Å². The van der Waals surface area contributed by atoms with Gasteiger partial charge in [0.1, 0.15) is 11.9 Å². The molecule has 1 fully saturated rings. The van der Waals surface area contributed by atoms with E-state index < -0.39 is 6.04 Å². The first-order valence-corrected chi connectivity index (χ1v) is 6.31. The summed E-state index contributed by atoms with van der Waals surface area (Å²) < 4.78 is 2.17. The quantitative estimate of drug-likeness (QED) is 0.650. The number of nitrogens with one attached hydrogen (secondary N) is 1. The van der Waals surface area contributed by atoms with Gasteiger partial charge in [0.05, 0.1) is 0 Å². The highest BCUT2D eigenvalue weighted by molar-refractivity contribution is 7.71. The van der Waals surface area contributed by atoms with Crippen molar-refractivity contribution in [3.05, 3.63) is 10.6 Å². The highest BCUT2D eigenvalue weighted by atomic mass is 32.1. The number of piperidine rings is 1. The third-order valence-corrected chi connectivity index (χ3v) is 3.47. The number of carbonyl (C=O) groups is 2. The van der Waals surface area contributed by atoms with Crippen molar-refractivity contribution in [1.82, 2.24) is 19.7 Å². The Morgan fingerprint density at radius 3 is 2.72 bits per heavy atom. The lowest BCUT2D eigenvalue weighted by Gasteiger charge is -2.29. The zero-order valence-corrected chi connectivity index (χ0v) is 11.5. The molecule has 1 aliphatic heterocycles. The summed E-state index contributed by atoms with van der Waals surface area (Å²) in [7, 11) is 1.51. The standard InChI is InChI=1S/C11H16N4O2S/c1-6(2)9-12-13-11(18)15(9)7-4-5-8(16)14(3)10(7)17/h6-7H,4-5H2,1-3H3,(H,13,18). The van der Waals surface area contributed by atoms with Crippen molar-refractivity contribution in [1.29, 1.82) is 0 Å². The van der Waals surface area contributed by atoms with Gasteiger partial charge in [0.2, 0.25) is 5.91 Å². The number of likely N-dealkylation sites (tertiary alicyclic amines) is 1. The van der Waals surface area contributed by atoms with E-state index in [0.717, 1.165) is 5.82 Å². The van der Waals surface area contributed by atoms with E-state index in [1.807, 2.05) is 13.8 Å². The number of hydrogen-bond acceptors (Lipinski definition) is 4. The Kier molecular flexibility index (Phi) is 3.34. The molecule has 98 valence electrons. The molecule has 1 aliphatic rings. The van der Waals surface area contributed by atoms with E-state index >= 15 is 0 Å². The van der Waals surface area contributed by atoms with Crippen molar-refractivity contribution in [3.63, 3.8) is 0 Å². The molecule has 0 saturated carbocycles. The molecule has 1 unspecified atom stereocenters. The number of H-pyrrole nitrogens is 1. The normalized spacial score (nSPS) is 20.9. The maximum Gasteiger partial charge on any atom is 0.252 e. The molecule has 1 atom stereocenters. The summed E-state index contributed by atoms with van der Waals surface area (Å²) in [4.78, 5) is 24.8. The highest BCUT2D eigenvalue weighted by Crippen LogP contribution is 2.26. The molecular formula is C11H16N4O2S. The molecule has 2 rings (SSSR count). The van der Waals surface area contributed by atoms with Gasteiger partial charge in [-0.15, -0.1) is 0 Å². The molecule has 0 radical (unpaired) electrons. The number of hydrogen-bond donors (Lipinski definition) is 1. The highest BCUT2D eigenvalue weighted by Gasteiger charge is 2.35.